The Balaban J connectivity index is 1.48. The van der Waals surface area contributed by atoms with Crippen molar-refractivity contribution < 1.29 is 6.48 Å². The molecule has 7 unspecified atom stereocenters. The predicted molar refractivity (Wildman–Crippen MR) is 110 cm³/mol. The fourth-order valence-electron chi connectivity index (χ4n) is 7.64. The molecule has 0 spiro atoms. The lowest BCUT2D eigenvalue weighted by Crippen LogP contribution is -2.46. The maximum atomic E-state index is 10.6. The summed E-state index contributed by atoms with van der Waals surface area (Å²) in [6.07, 6.45) is 17.0. The molecular weight excluding hydrogens is 316 g/mol. The van der Waals surface area contributed by atoms with E-state index in [2.05, 4.69) is 19.9 Å². The van der Waals surface area contributed by atoms with Gasteiger partial charge in [0.25, 0.3) is 0 Å². The first-order chi connectivity index (χ1) is 13.1. The molecule has 0 amide bonds. The number of fused-ring (bicyclic) bond motifs is 5. The zero-order valence-electron chi connectivity index (χ0n) is 18.2. The van der Waals surface area contributed by atoms with Gasteiger partial charge in [0, 0.05) is 1.37 Å². The van der Waals surface area contributed by atoms with Crippen LogP contribution in [0, 0.1) is 47.3 Å². The highest BCUT2D eigenvalue weighted by molar-refractivity contribution is 5.20. The van der Waals surface area contributed by atoms with E-state index in [0.717, 1.165) is 42.4 Å². The minimum absolute atomic E-state index is 0.105. The third kappa shape index (κ3) is 3.67. The third-order valence-electron chi connectivity index (χ3n) is 8.79. The molecule has 0 bridgehead atoms. The van der Waals surface area contributed by atoms with Gasteiger partial charge in [0.2, 0.25) is 0 Å². The lowest BCUT2D eigenvalue weighted by atomic mass is 9.53. The van der Waals surface area contributed by atoms with Gasteiger partial charge in [-0.3, -0.25) is 0 Å². The smallest absolute Gasteiger partial charge is 0.0580 e. The highest BCUT2D eigenvalue weighted by Gasteiger charge is 2.50. The van der Waals surface area contributed by atoms with Gasteiger partial charge >= 0.3 is 0 Å². The Morgan fingerprint density at radius 2 is 2.00 bits per heavy atom. The average Bonchev–Trinajstić information content (AvgIpc) is 3.15. The summed E-state index contributed by atoms with van der Waals surface area (Å²) in [6, 6.07) is 0. The van der Waals surface area contributed by atoms with Crippen molar-refractivity contribution in [2.75, 3.05) is 0 Å². The van der Waals surface area contributed by atoms with E-state index in [-0.39, 0.29) is 6.10 Å². The third-order valence-corrected chi connectivity index (χ3v) is 8.79. The van der Waals surface area contributed by atoms with Gasteiger partial charge in [0.05, 0.1) is 6.10 Å². The SMILES string of the molecule is [2H]C[C@H](C)CCC[C@@H](C)C1CC(O)CC2=CCC3C4CCCC4CCC3C21. The maximum absolute atomic E-state index is 10.6. The summed E-state index contributed by atoms with van der Waals surface area (Å²) in [5, 5.41) is 10.6. The van der Waals surface area contributed by atoms with Gasteiger partial charge in [-0.1, -0.05) is 64.5 Å². The molecule has 0 radical (unpaired) electrons. The Morgan fingerprint density at radius 1 is 1.12 bits per heavy atom. The molecule has 3 saturated carbocycles. The van der Waals surface area contributed by atoms with Crippen molar-refractivity contribution in [2.45, 2.75) is 97.5 Å². The Labute approximate surface area is 163 Å². The zero-order valence-corrected chi connectivity index (χ0v) is 17.2. The molecule has 9 atom stereocenters. The number of hydrogen-bond acceptors (Lipinski definition) is 1. The standard InChI is InChI=1S/C25H42O/c1-16(2)6-4-7-17(3)24-15-20(26)14-19-11-12-22-21-9-5-8-18(21)10-13-23(22)25(19)24/h11,16-18,20-26H,4-10,12-15H2,1-3H3/t17-,18?,20?,21?,22?,23?,24?,25?/m1/s1/i1D/t16-,17-,18?,20?,21?,22?,23?,24?,25?. The van der Waals surface area contributed by atoms with Crippen LogP contribution in [0.25, 0.3) is 0 Å². The molecule has 4 rings (SSSR count). The van der Waals surface area contributed by atoms with Crippen molar-refractivity contribution >= 4 is 0 Å². The number of allylic oxidation sites excluding steroid dienone is 1. The van der Waals surface area contributed by atoms with E-state index in [1.165, 1.54) is 57.8 Å². The second-order valence-electron chi connectivity index (χ2n) is 10.6. The summed E-state index contributed by atoms with van der Waals surface area (Å²) in [6.45, 7) is 5.25. The quantitative estimate of drug-likeness (QED) is 0.548. The second-order valence-corrected chi connectivity index (χ2v) is 10.6. The molecular formula is C25H42O. The van der Waals surface area contributed by atoms with Gasteiger partial charge < -0.3 is 5.11 Å². The second kappa shape index (κ2) is 7.98. The Kier molecular flexibility index (Phi) is 5.45. The highest BCUT2D eigenvalue weighted by atomic mass is 16.3. The molecule has 4 aliphatic rings. The minimum Gasteiger partial charge on any atom is -0.393 e. The topological polar surface area (TPSA) is 20.2 Å². The fraction of sp³-hybridized carbons (Fsp3) is 0.920. The summed E-state index contributed by atoms with van der Waals surface area (Å²) >= 11 is 0. The van der Waals surface area contributed by atoms with Gasteiger partial charge in [0.15, 0.2) is 0 Å². The van der Waals surface area contributed by atoms with Crippen molar-refractivity contribution in [3.8, 4) is 0 Å². The number of aliphatic hydroxyl groups is 1. The molecule has 0 aliphatic heterocycles. The van der Waals surface area contributed by atoms with E-state index in [1.807, 2.05) is 0 Å². The van der Waals surface area contributed by atoms with Crippen molar-refractivity contribution in [1.29, 1.82) is 0 Å². The fourth-order valence-corrected chi connectivity index (χ4v) is 7.64. The van der Waals surface area contributed by atoms with Crippen molar-refractivity contribution in [3.63, 3.8) is 0 Å². The first kappa shape index (κ1) is 17.8. The van der Waals surface area contributed by atoms with E-state index >= 15 is 0 Å². The van der Waals surface area contributed by atoms with Crippen LogP contribution in [0.2, 0.25) is 0 Å². The van der Waals surface area contributed by atoms with Crippen LogP contribution in [0.3, 0.4) is 0 Å². The first-order valence-corrected chi connectivity index (χ1v) is 11.7. The van der Waals surface area contributed by atoms with Crippen LogP contribution < -0.4 is 0 Å². The molecule has 1 heteroatoms. The summed E-state index contributed by atoms with van der Waals surface area (Å²) in [5.74, 6) is 6.65. The van der Waals surface area contributed by atoms with Crippen LogP contribution >= 0.6 is 0 Å². The molecule has 148 valence electrons. The van der Waals surface area contributed by atoms with Crippen LogP contribution in [-0.2, 0) is 0 Å². The molecule has 4 aliphatic carbocycles. The van der Waals surface area contributed by atoms with E-state index in [1.54, 1.807) is 5.57 Å². The van der Waals surface area contributed by atoms with Gasteiger partial charge in [-0.25, -0.2) is 0 Å². The van der Waals surface area contributed by atoms with Crippen LogP contribution in [0.4, 0.5) is 0 Å². The van der Waals surface area contributed by atoms with Gasteiger partial charge in [-0.2, -0.15) is 0 Å². The van der Waals surface area contributed by atoms with Gasteiger partial charge in [0.1, 0.15) is 0 Å². The Bertz CT molecular complexity index is 528. The predicted octanol–water partition coefficient (Wildman–Crippen LogP) is 6.61. The zero-order chi connectivity index (χ0) is 19.0. The van der Waals surface area contributed by atoms with E-state index < -0.39 is 0 Å². The molecule has 3 fully saturated rings. The van der Waals surface area contributed by atoms with E-state index in [4.69, 9.17) is 1.37 Å². The Hall–Kier alpha value is -0.300. The summed E-state index contributed by atoms with van der Waals surface area (Å²) < 4.78 is 7.56. The van der Waals surface area contributed by atoms with Crippen LogP contribution in [0.1, 0.15) is 92.7 Å². The number of rotatable bonds is 5. The molecule has 0 saturated heterocycles. The van der Waals surface area contributed by atoms with Gasteiger partial charge in [-0.05, 0) is 85.9 Å². The van der Waals surface area contributed by atoms with Crippen LogP contribution in [0.15, 0.2) is 11.6 Å². The van der Waals surface area contributed by atoms with E-state index in [0.29, 0.717) is 24.7 Å². The molecule has 0 heterocycles. The largest absolute Gasteiger partial charge is 0.393 e. The lowest BCUT2D eigenvalue weighted by molar-refractivity contribution is -0.00407. The minimum atomic E-state index is -0.105. The molecule has 0 aromatic heterocycles. The lowest BCUT2D eigenvalue weighted by Gasteiger charge is -2.53. The maximum Gasteiger partial charge on any atom is 0.0580 e. The monoisotopic (exact) mass is 359 g/mol. The summed E-state index contributed by atoms with van der Waals surface area (Å²) in [7, 11) is 0. The Morgan fingerprint density at radius 3 is 2.85 bits per heavy atom. The number of hydrogen-bond donors (Lipinski definition) is 1. The van der Waals surface area contributed by atoms with Gasteiger partial charge in [-0.15, -0.1) is 0 Å². The average molecular weight is 360 g/mol. The normalized spacial score (nSPS) is 45.0. The molecule has 0 aromatic carbocycles. The molecule has 1 N–H and O–H groups in total. The van der Waals surface area contributed by atoms with E-state index in [9.17, 15) is 5.11 Å². The van der Waals surface area contributed by atoms with Crippen molar-refractivity contribution in [2.24, 2.45) is 47.3 Å². The van der Waals surface area contributed by atoms with Crippen LogP contribution in [-0.4, -0.2) is 11.2 Å². The molecule has 0 aromatic rings. The molecule has 1 nitrogen and oxygen atoms in total. The van der Waals surface area contributed by atoms with Crippen LogP contribution in [0.5, 0.6) is 0 Å². The first-order valence-electron chi connectivity index (χ1n) is 12.4. The summed E-state index contributed by atoms with van der Waals surface area (Å²) in [5.41, 5.74) is 1.64. The number of aliphatic hydroxyl groups excluding tert-OH is 1. The molecule has 26 heavy (non-hydrogen) atoms. The van der Waals surface area contributed by atoms with Crippen molar-refractivity contribution in [3.05, 3.63) is 11.6 Å². The summed E-state index contributed by atoms with van der Waals surface area (Å²) in [4.78, 5) is 0. The van der Waals surface area contributed by atoms with Crippen molar-refractivity contribution in [1.82, 2.24) is 0 Å². The highest BCUT2D eigenvalue weighted by Crippen LogP contribution is 2.58.